The third-order valence-electron chi connectivity index (χ3n) is 2.15. The predicted octanol–water partition coefficient (Wildman–Crippen LogP) is 2.40. The number of carboxylic acids is 1. The molecule has 0 aromatic carbocycles. The summed E-state index contributed by atoms with van der Waals surface area (Å²) in [6, 6.07) is 1.75. The molecular weight excluding hydrogens is 232 g/mol. The van der Waals surface area contributed by atoms with Gasteiger partial charge in [0, 0.05) is 18.0 Å². The van der Waals surface area contributed by atoms with Crippen molar-refractivity contribution in [2.45, 2.75) is 6.92 Å². The number of hydrogen-bond acceptors (Lipinski definition) is 4. The molecule has 6 heteroatoms. The molecule has 2 heterocycles. The fourth-order valence-corrected chi connectivity index (χ4v) is 1.54. The van der Waals surface area contributed by atoms with Gasteiger partial charge in [0.25, 0.3) is 0 Å². The van der Waals surface area contributed by atoms with E-state index in [4.69, 9.17) is 21.2 Å². The highest BCUT2D eigenvalue weighted by atomic mass is 35.5. The lowest BCUT2D eigenvalue weighted by atomic mass is 10.1. The predicted molar refractivity (Wildman–Crippen MR) is 56.4 cm³/mol. The molecule has 0 unspecified atom stereocenters. The van der Waals surface area contributed by atoms with Gasteiger partial charge in [0.1, 0.15) is 5.56 Å². The van der Waals surface area contributed by atoms with Crippen LogP contribution in [0.5, 0.6) is 0 Å². The van der Waals surface area contributed by atoms with Crippen molar-refractivity contribution in [1.82, 2.24) is 10.1 Å². The van der Waals surface area contributed by atoms with Crippen molar-refractivity contribution in [2.75, 3.05) is 0 Å². The van der Waals surface area contributed by atoms with E-state index in [0.717, 1.165) is 5.56 Å². The maximum atomic E-state index is 11.0. The van der Waals surface area contributed by atoms with Gasteiger partial charge in [0.2, 0.25) is 0 Å². The third-order valence-corrected chi connectivity index (χ3v) is 2.41. The number of halogens is 1. The molecule has 0 radical (unpaired) electrons. The molecular formula is C10H7ClN2O3. The Morgan fingerprint density at radius 3 is 2.94 bits per heavy atom. The molecule has 0 aliphatic rings. The first-order valence-electron chi connectivity index (χ1n) is 4.40. The lowest BCUT2D eigenvalue weighted by Gasteiger charge is -2.00. The molecule has 0 saturated heterocycles. The fraction of sp³-hybridized carbons (Fsp3) is 0.100. The van der Waals surface area contributed by atoms with Gasteiger partial charge < -0.3 is 9.63 Å². The summed E-state index contributed by atoms with van der Waals surface area (Å²) in [5.74, 6) is -1.05. The van der Waals surface area contributed by atoms with Gasteiger partial charge in [-0.1, -0.05) is 16.8 Å². The molecule has 0 atom stereocenters. The number of aryl methyl sites for hydroxylation is 1. The zero-order valence-electron chi connectivity index (χ0n) is 8.27. The average Bonchev–Trinajstić information content (AvgIpc) is 2.61. The first-order valence-corrected chi connectivity index (χ1v) is 4.78. The minimum atomic E-state index is -1.18. The largest absolute Gasteiger partial charge is 0.477 e. The molecule has 2 rings (SSSR count). The van der Waals surface area contributed by atoms with E-state index in [9.17, 15) is 4.79 Å². The van der Waals surface area contributed by atoms with Crippen molar-refractivity contribution in [3.8, 4) is 11.3 Å². The second-order valence-electron chi connectivity index (χ2n) is 3.17. The van der Waals surface area contributed by atoms with Crippen molar-refractivity contribution in [2.24, 2.45) is 0 Å². The molecule has 1 N–H and O–H groups in total. The van der Waals surface area contributed by atoms with Gasteiger partial charge in [-0.3, -0.25) is 4.98 Å². The van der Waals surface area contributed by atoms with Gasteiger partial charge >= 0.3 is 5.97 Å². The van der Waals surface area contributed by atoms with Crippen molar-refractivity contribution in [3.63, 3.8) is 0 Å². The van der Waals surface area contributed by atoms with Gasteiger partial charge in [-0.05, 0) is 18.6 Å². The van der Waals surface area contributed by atoms with Gasteiger partial charge in [0.05, 0.1) is 0 Å². The molecule has 16 heavy (non-hydrogen) atoms. The SMILES string of the molecule is Cc1ccncc1-c1onc(Cl)c1C(=O)O. The Kier molecular flexibility index (Phi) is 2.62. The summed E-state index contributed by atoms with van der Waals surface area (Å²) in [7, 11) is 0. The fourth-order valence-electron chi connectivity index (χ4n) is 1.34. The number of aromatic nitrogens is 2. The van der Waals surface area contributed by atoms with E-state index in [1.54, 1.807) is 12.3 Å². The second-order valence-corrected chi connectivity index (χ2v) is 3.53. The number of nitrogens with zero attached hydrogens (tertiary/aromatic N) is 2. The van der Waals surface area contributed by atoms with Crippen molar-refractivity contribution in [3.05, 3.63) is 34.7 Å². The molecule has 0 aliphatic heterocycles. The summed E-state index contributed by atoms with van der Waals surface area (Å²) >= 11 is 5.64. The molecule has 0 aliphatic carbocycles. The summed E-state index contributed by atoms with van der Waals surface area (Å²) in [4.78, 5) is 14.9. The van der Waals surface area contributed by atoms with Crippen LogP contribution in [0.1, 0.15) is 15.9 Å². The lowest BCUT2D eigenvalue weighted by Crippen LogP contribution is -1.98. The average molecular weight is 239 g/mol. The maximum Gasteiger partial charge on any atom is 0.342 e. The topological polar surface area (TPSA) is 76.2 Å². The Morgan fingerprint density at radius 2 is 2.31 bits per heavy atom. The van der Waals surface area contributed by atoms with Crippen LogP contribution in [-0.2, 0) is 0 Å². The molecule has 2 aromatic rings. The van der Waals surface area contributed by atoms with Crippen molar-refractivity contribution in [1.29, 1.82) is 0 Å². The Labute approximate surface area is 95.7 Å². The van der Waals surface area contributed by atoms with E-state index in [0.29, 0.717) is 5.56 Å². The molecule has 0 amide bonds. The van der Waals surface area contributed by atoms with Crippen LogP contribution in [0.15, 0.2) is 23.0 Å². The lowest BCUT2D eigenvalue weighted by molar-refractivity contribution is 0.0697. The molecule has 0 saturated carbocycles. The van der Waals surface area contributed by atoms with E-state index in [1.165, 1.54) is 6.20 Å². The van der Waals surface area contributed by atoms with Gasteiger partial charge in [0.15, 0.2) is 10.9 Å². The monoisotopic (exact) mass is 238 g/mol. The first-order chi connectivity index (χ1) is 7.61. The van der Waals surface area contributed by atoms with Crippen LogP contribution in [0.4, 0.5) is 0 Å². The quantitative estimate of drug-likeness (QED) is 0.869. The highest BCUT2D eigenvalue weighted by molar-refractivity contribution is 6.33. The van der Waals surface area contributed by atoms with Crippen LogP contribution in [0.25, 0.3) is 11.3 Å². The van der Waals surface area contributed by atoms with E-state index >= 15 is 0 Å². The molecule has 0 bridgehead atoms. The van der Waals surface area contributed by atoms with Gasteiger partial charge in [-0.15, -0.1) is 0 Å². The van der Waals surface area contributed by atoms with Crippen LogP contribution in [-0.4, -0.2) is 21.2 Å². The minimum Gasteiger partial charge on any atom is -0.477 e. The number of pyridine rings is 1. The van der Waals surface area contributed by atoms with Crippen LogP contribution >= 0.6 is 11.6 Å². The number of rotatable bonds is 2. The highest BCUT2D eigenvalue weighted by Crippen LogP contribution is 2.30. The Hall–Kier alpha value is -1.88. The van der Waals surface area contributed by atoms with Crippen LogP contribution < -0.4 is 0 Å². The molecule has 2 aromatic heterocycles. The van der Waals surface area contributed by atoms with Gasteiger partial charge in [-0.25, -0.2) is 4.79 Å². The van der Waals surface area contributed by atoms with E-state index in [1.807, 2.05) is 6.92 Å². The number of carbonyl (C=O) groups is 1. The number of carboxylic acid groups (broad SMARTS) is 1. The van der Waals surface area contributed by atoms with E-state index in [-0.39, 0.29) is 16.5 Å². The number of hydrogen-bond donors (Lipinski definition) is 1. The van der Waals surface area contributed by atoms with Crippen LogP contribution in [0, 0.1) is 6.92 Å². The van der Waals surface area contributed by atoms with Crippen LogP contribution in [0.3, 0.4) is 0 Å². The van der Waals surface area contributed by atoms with Crippen LogP contribution in [0.2, 0.25) is 5.15 Å². The number of aromatic carboxylic acids is 1. The summed E-state index contributed by atoms with van der Waals surface area (Å²) in [6.07, 6.45) is 3.12. The Balaban J connectivity index is 2.66. The first kappa shape index (κ1) is 10.6. The summed E-state index contributed by atoms with van der Waals surface area (Å²) in [5.41, 5.74) is 1.27. The standard InChI is InChI=1S/C10H7ClN2O3/c1-5-2-3-12-4-6(5)8-7(10(14)15)9(11)13-16-8/h2-4H,1H3,(H,14,15). The van der Waals surface area contributed by atoms with E-state index in [2.05, 4.69) is 10.1 Å². The molecule has 5 nitrogen and oxygen atoms in total. The summed E-state index contributed by atoms with van der Waals surface area (Å²) in [6.45, 7) is 1.82. The molecule has 82 valence electrons. The van der Waals surface area contributed by atoms with E-state index < -0.39 is 5.97 Å². The molecule has 0 spiro atoms. The Bertz CT molecular complexity index is 551. The summed E-state index contributed by atoms with van der Waals surface area (Å²) in [5, 5.41) is 12.3. The maximum absolute atomic E-state index is 11.0. The Morgan fingerprint density at radius 1 is 1.56 bits per heavy atom. The third kappa shape index (κ3) is 1.65. The molecule has 0 fully saturated rings. The zero-order chi connectivity index (χ0) is 11.7. The second kappa shape index (κ2) is 3.94. The van der Waals surface area contributed by atoms with Crippen molar-refractivity contribution >= 4 is 17.6 Å². The smallest absolute Gasteiger partial charge is 0.342 e. The minimum absolute atomic E-state index is 0.128. The normalized spacial score (nSPS) is 10.4. The zero-order valence-corrected chi connectivity index (χ0v) is 9.02. The summed E-state index contributed by atoms with van der Waals surface area (Å²) < 4.78 is 4.92. The van der Waals surface area contributed by atoms with Crippen molar-refractivity contribution < 1.29 is 14.4 Å². The van der Waals surface area contributed by atoms with Gasteiger partial charge in [-0.2, -0.15) is 0 Å². The highest BCUT2D eigenvalue weighted by Gasteiger charge is 2.23.